The molecule has 0 bridgehead atoms. The lowest BCUT2D eigenvalue weighted by atomic mass is 10.2. The Morgan fingerprint density at radius 1 is 1.56 bits per heavy atom. The van der Waals surface area contributed by atoms with Gasteiger partial charge in [0.05, 0.1) is 5.71 Å². The molecule has 9 heavy (non-hydrogen) atoms. The molecule has 0 amide bonds. The maximum atomic E-state index is 4.96. The molecular weight excluding hydrogens is 114 g/mol. The topological polar surface area (TPSA) is 50.4 Å². The number of hydrogen-bond donors (Lipinski definition) is 2. The fraction of sp³-hybridized carbons (Fsp3) is 0.167. The number of hydrogen-bond acceptors (Lipinski definition) is 3. The van der Waals surface area contributed by atoms with E-state index in [2.05, 4.69) is 10.6 Å². The molecule has 3 heteroatoms. The summed E-state index contributed by atoms with van der Waals surface area (Å²) in [7, 11) is 0. The summed E-state index contributed by atoms with van der Waals surface area (Å²) in [6.45, 7) is 0. The molecule has 1 rings (SSSR count). The molecule has 0 atom stereocenters. The highest BCUT2D eigenvalue weighted by Crippen LogP contribution is 1.97. The third-order valence-corrected chi connectivity index (χ3v) is 1.07. The van der Waals surface area contributed by atoms with Crippen molar-refractivity contribution >= 4 is 5.71 Å². The number of rotatable bonds is 1. The van der Waals surface area contributed by atoms with Crippen LogP contribution >= 0.6 is 0 Å². The predicted octanol–water partition coefficient (Wildman–Crippen LogP) is 0.322. The van der Waals surface area contributed by atoms with Crippen molar-refractivity contribution in [3.63, 3.8) is 0 Å². The molecule has 3 N–H and O–H groups in total. The maximum absolute atomic E-state index is 4.96. The van der Waals surface area contributed by atoms with Crippen LogP contribution in [-0.2, 0) is 0 Å². The van der Waals surface area contributed by atoms with Gasteiger partial charge in [-0.15, -0.1) is 0 Å². The van der Waals surface area contributed by atoms with Gasteiger partial charge in [0.1, 0.15) is 0 Å². The van der Waals surface area contributed by atoms with E-state index in [1.54, 1.807) is 0 Å². The molecule has 0 aromatic heterocycles. The summed E-state index contributed by atoms with van der Waals surface area (Å²) in [5.74, 6) is 4.96. The molecule has 0 unspecified atom stereocenters. The van der Waals surface area contributed by atoms with E-state index in [1.165, 1.54) is 0 Å². The van der Waals surface area contributed by atoms with E-state index in [-0.39, 0.29) is 0 Å². The first-order valence-corrected chi connectivity index (χ1v) is 2.79. The average Bonchev–Trinajstić information content (AvgIpc) is 1.91. The summed E-state index contributed by atoms with van der Waals surface area (Å²) >= 11 is 0. The Bertz CT molecular complexity index is 167. The second-order valence-electron chi connectivity index (χ2n) is 1.72. The fourth-order valence-corrected chi connectivity index (χ4v) is 0.668. The Labute approximate surface area is 53.9 Å². The molecule has 0 aliphatic heterocycles. The largest absolute Gasteiger partial charge is 0.245 e. The molecule has 0 saturated heterocycles. The van der Waals surface area contributed by atoms with E-state index < -0.39 is 0 Å². The van der Waals surface area contributed by atoms with Crippen molar-refractivity contribution in [3.05, 3.63) is 24.3 Å². The van der Waals surface area contributed by atoms with Gasteiger partial charge in [0.15, 0.2) is 0 Å². The zero-order valence-electron chi connectivity index (χ0n) is 5.04. The lowest BCUT2D eigenvalue weighted by Crippen LogP contribution is -2.16. The molecule has 0 radical (unpaired) electrons. The molecule has 1 aliphatic rings. The summed E-state index contributed by atoms with van der Waals surface area (Å²) in [5.41, 5.74) is 3.20. The van der Waals surface area contributed by atoms with Gasteiger partial charge < -0.3 is 0 Å². The van der Waals surface area contributed by atoms with Gasteiger partial charge in [0.25, 0.3) is 0 Å². The molecule has 0 fully saturated rings. The van der Waals surface area contributed by atoms with Gasteiger partial charge in [0, 0.05) is 6.42 Å². The minimum absolute atomic E-state index is 0.862. The van der Waals surface area contributed by atoms with Gasteiger partial charge >= 0.3 is 0 Å². The Hall–Kier alpha value is -1.09. The highest BCUT2D eigenvalue weighted by molar-refractivity contribution is 5.96. The molecule has 0 heterocycles. The summed E-state index contributed by atoms with van der Waals surface area (Å²) in [5, 5.41) is 3.79. The van der Waals surface area contributed by atoms with Crippen LogP contribution in [0.3, 0.4) is 0 Å². The van der Waals surface area contributed by atoms with Crippen LogP contribution in [0, 0.1) is 0 Å². The first kappa shape index (κ1) is 6.04. The van der Waals surface area contributed by atoms with Gasteiger partial charge in [-0.2, -0.15) is 5.10 Å². The van der Waals surface area contributed by atoms with Crippen molar-refractivity contribution in [3.8, 4) is 0 Å². The predicted molar refractivity (Wildman–Crippen MR) is 37.7 cm³/mol. The minimum atomic E-state index is 0.862. The molecule has 0 aromatic rings. The van der Waals surface area contributed by atoms with E-state index in [9.17, 15) is 0 Å². The molecule has 48 valence electrons. The molecule has 0 spiro atoms. The third-order valence-electron chi connectivity index (χ3n) is 1.07. The minimum Gasteiger partial charge on any atom is -0.245 e. The van der Waals surface area contributed by atoms with Crippen molar-refractivity contribution < 1.29 is 0 Å². The van der Waals surface area contributed by atoms with Gasteiger partial charge in [-0.1, -0.05) is 18.2 Å². The van der Waals surface area contributed by atoms with Crippen LogP contribution in [0.15, 0.2) is 29.4 Å². The van der Waals surface area contributed by atoms with E-state index in [0.717, 1.165) is 12.1 Å². The van der Waals surface area contributed by atoms with Crippen molar-refractivity contribution in [2.45, 2.75) is 6.42 Å². The van der Waals surface area contributed by atoms with E-state index in [0.29, 0.717) is 0 Å². The Kier molecular flexibility index (Phi) is 2.04. The summed E-state index contributed by atoms with van der Waals surface area (Å²) in [6.07, 6.45) is 8.71. The molecule has 0 saturated carbocycles. The lowest BCUT2D eigenvalue weighted by Gasteiger charge is -1.98. The van der Waals surface area contributed by atoms with Gasteiger partial charge in [-0.3, -0.25) is 0 Å². The van der Waals surface area contributed by atoms with Crippen LogP contribution in [0.25, 0.3) is 0 Å². The van der Waals surface area contributed by atoms with Crippen LogP contribution < -0.4 is 11.4 Å². The Morgan fingerprint density at radius 3 is 3.00 bits per heavy atom. The standard InChI is InChI=1S/C6H9N3/c7-9-8-6-4-2-1-3-5-6/h1-4,9H,5,7H2. The zero-order valence-corrected chi connectivity index (χ0v) is 5.04. The summed E-state index contributed by atoms with van der Waals surface area (Å²) in [6, 6.07) is 0. The van der Waals surface area contributed by atoms with Crippen LogP contribution in [-0.4, -0.2) is 5.71 Å². The van der Waals surface area contributed by atoms with Crippen molar-refractivity contribution in [2.24, 2.45) is 10.9 Å². The van der Waals surface area contributed by atoms with Gasteiger partial charge in [0.2, 0.25) is 0 Å². The number of hydrazone groups is 1. The van der Waals surface area contributed by atoms with E-state index in [1.807, 2.05) is 24.3 Å². The smallest absolute Gasteiger partial charge is 0.0656 e. The van der Waals surface area contributed by atoms with E-state index >= 15 is 0 Å². The number of nitrogens with zero attached hydrogens (tertiary/aromatic N) is 1. The zero-order chi connectivity index (χ0) is 6.53. The normalized spacial score (nSPS) is 20.8. The van der Waals surface area contributed by atoms with Gasteiger partial charge in [-0.25, -0.2) is 11.4 Å². The first-order chi connectivity index (χ1) is 4.43. The highest BCUT2D eigenvalue weighted by Gasteiger charge is 1.92. The first-order valence-electron chi connectivity index (χ1n) is 2.79. The second-order valence-corrected chi connectivity index (χ2v) is 1.72. The Balaban J connectivity index is 2.55. The maximum Gasteiger partial charge on any atom is 0.0656 e. The SMILES string of the molecule is NNN=C1C=CC=CC1. The molecular formula is C6H9N3. The summed E-state index contributed by atoms with van der Waals surface area (Å²) in [4.78, 5) is 0. The molecule has 3 nitrogen and oxygen atoms in total. The van der Waals surface area contributed by atoms with Gasteiger partial charge in [-0.05, 0) is 6.08 Å². The fourth-order valence-electron chi connectivity index (χ4n) is 0.668. The highest BCUT2D eigenvalue weighted by atomic mass is 15.5. The number of hydrazine groups is 1. The third kappa shape index (κ3) is 1.70. The van der Waals surface area contributed by atoms with Crippen LogP contribution in [0.1, 0.15) is 6.42 Å². The molecule has 1 aliphatic carbocycles. The Morgan fingerprint density at radius 2 is 2.44 bits per heavy atom. The van der Waals surface area contributed by atoms with Crippen LogP contribution in [0.5, 0.6) is 0 Å². The number of nitrogens with one attached hydrogen (secondary N) is 1. The number of allylic oxidation sites excluding steroid dienone is 4. The number of nitrogens with two attached hydrogens (primary N) is 1. The lowest BCUT2D eigenvalue weighted by molar-refractivity contribution is 0.803. The van der Waals surface area contributed by atoms with Crippen LogP contribution in [0.2, 0.25) is 0 Å². The van der Waals surface area contributed by atoms with Crippen LogP contribution in [0.4, 0.5) is 0 Å². The monoisotopic (exact) mass is 123 g/mol. The molecule has 0 aromatic carbocycles. The van der Waals surface area contributed by atoms with Crippen molar-refractivity contribution in [2.75, 3.05) is 0 Å². The second kappa shape index (κ2) is 3.04. The van der Waals surface area contributed by atoms with E-state index in [4.69, 9.17) is 5.84 Å². The quantitative estimate of drug-likeness (QED) is 0.389. The summed E-state index contributed by atoms with van der Waals surface area (Å²) < 4.78 is 0. The average molecular weight is 123 g/mol. The van der Waals surface area contributed by atoms with Crippen molar-refractivity contribution in [1.29, 1.82) is 0 Å². The van der Waals surface area contributed by atoms with Crippen molar-refractivity contribution in [1.82, 2.24) is 5.53 Å².